The van der Waals surface area contributed by atoms with Crippen molar-refractivity contribution in [1.29, 1.82) is 0 Å². The van der Waals surface area contributed by atoms with Gasteiger partial charge in [-0.25, -0.2) is 0 Å². The first-order valence-electron chi connectivity index (χ1n) is 8.58. The average molecular weight is 352 g/mol. The van der Waals surface area contributed by atoms with Gasteiger partial charge >= 0.3 is 0 Å². The van der Waals surface area contributed by atoms with Crippen molar-refractivity contribution in [2.24, 2.45) is 0 Å². The number of piperidine rings is 2. The van der Waals surface area contributed by atoms with Crippen molar-refractivity contribution in [1.82, 2.24) is 15.1 Å². The molecule has 0 saturated carbocycles. The van der Waals surface area contributed by atoms with E-state index in [-0.39, 0.29) is 24.8 Å². The van der Waals surface area contributed by atoms with Crippen LogP contribution in [-0.4, -0.2) is 60.5 Å². The second kappa shape index (κ2) is 9.96. The highest BCUT2D eigenvalue weighted by atomic mass is 35.5. The number of nitrogens with zero attached hydrogens (tertiary/aromatic N) is 2. The van der Waals surface area contributed by atoms with Crippen LogP contribution in [0.1, 0.15) is 51.4 Å². The lowest BCUT2D eigenvalue weighted by Gasteiger charge is -2.40. The number of rotatable bonds is 3. The predicted molar refractivity (Wildman–Crippen MR) is 95.2 cm³/mol. The summed E-state index contributed by atoms with van der Waals surface area (Å²) in [5.74, 6) is 0.376. The maximum atomic E-state index is 12.3. The lowest BCUT2D eigenvalue weighted by Crippen LogP contribution is -2.48. The fourth-order valence-electron chi connectivity index (χ4n) is 4.03. The van der Waals surface area contributed by atoms with Gasteiger partial charge in [0.1, 0.15) is 0 Å². The van der Waals surface area contributed by atoms with Gasteiger partial charge in [-0.1, -0.05) is 6.42 Å². The summed E-state index contributed by atoms with van der Waals surface area (Å²) < 4.78 is 0. The van der Waals surface area contributed by atoms with Crippen LogP contribution >= 0.6 is 24.8 Å². The molecule has 3 aliphatic heterocycles. The molecule has 3 heterocycles. The summed E-state index contributed by atoms with van der Waals surface area (Å²) in [6.07, 6.45) is 9.63. The molecule has 0 bridgehead atoms. The molecule has 3 rings (SSSR count). The van der Waals surface area contributed by atoms with Crippen molar-refractivity contribution in [3.63, 3.8) is 0 Å². The Hall–Kier alpha value is -0.0300. The quantitative estimate of drug-likeness (QED) is 0.848. The zero-order valence-electron chi connectivity index (χ0n) is 13.5. The number of halogens is 2. The summed E-state index contributed by atoms with van der Waals surface area (Å²) in [5.41, 5.74) is 0. The van der Waals surface area contributed by atoms with Crippen LogP contribution < -0.4 is 5.32 Å². The second-order valence-electron chi connectivity index (χ2n) is 6.71. The number of nitrogens with one attached hydrogen (secondary N) is 1. The maximum Gasteiger partial charge on any atom is 0.224 e. The molecule has 1 atom stereocenters. The van der Waals surface area contributed by atoms with Crippen molar-refractivity contribution in [3.8, 4) is 0 Å². The summed E-state index contributed by atoms with van der Waals surface area (Å²) in [4.78, 5) is 17.1. The van der Waals surface area contributed by atoms with Gasteiger partial charge in [-0.15, -0.1) is 24.8 Å². The fourth-order valence-corrected chi connectivity index (χ4v) is 4.03. The van der Waals surface area contributed by atoms with Gasteiger partial charge in [0.25, 0.3) is 0 Å². The van der Waals surface area contributed by atoms with Crippen LogP contribution in [0.3, 0.4) is 0 Å². The molecule has 0 radical (unpaired) electrons. The molecule has 130 valence electrons. The SMILES string of the molecule is Cl.Cl.O=C(CC1CCCN1)N1CCC(N2CCCCC2)CC1. The van der Waals surface area contributed by atoms with Crippen LogP contribution in [0, 0.1) is 0 Å². The largest absolute Gasteiger partial charge is 0.343 e. The molecule has 0 spiro atoms. The standard InChI is InChI=1S/C16H29N3O.2ClH/c20-16(13-14-5-4-8-17-14)19-11-6-15(7-12-19)18-9-2-1-3-10-18;;/h14-15,17H,1-13H2;2*1H. The molecule has 1 N–H and O–H groups in total. The number of carbonyl (C=O) groups is 1. The van der Waals surface area contributed by atoms with Crippen LogP contribution in [0.25, 0.3) is 0 Å². The van der Waals surface area contributed by atoms with Gasteiger partial charge in [0.15, 0.2) is 0 Å². The van der Waals surface area contributed by atoms with E-state index in [0.29, 0.717) is 18.4 Å². The van der Waals surface area contributed by atoms with E-state index in [1.165, 1.54) is 58.0 Å². The van der Waals surface area contributed by atoms with E-state index in [0.717, 1.165) is 25.7 Å². The molecule has 6 heteroatoms. The van der Waals surface area contributed by atoms with E-state index in [1.54, 1.807) is 0 Å². The predicted octanol–water partition coefficient (Wildman–Crippen LogP) is 2.45. The molecule has 3 aliphatic rings. The molecule has 4 nitrogen and oxygen atoms in total. The minimum atomic E-state index is 0. The molecule has 22 heavy (non-hydrogen) atoms. The number of amides is 1. The van der Waals surface area contributed by atoms with E-state index in [2.05, 4.69) is 15.1 Å². The van der Waals surface area contributed by atoms with Gasteiger partial charge in [-0.05, 0) is 58.2 Å². The first-order chi connectivity index (χ1) is 9.83. The van der Waals surface area contributed by atoms with Crippen LogP contribution in [0.15, 0.2) is 0 Å². The molecule has 1 amide bonds. The first kappa shape index (κ1) is 20.0. The molecule has 0 aromatic carbocycles. The Morgan fingerprint density at radius 2 is 1.59 bits per heavy atom. The van der Waals surface area contributed by atoms with Crippen LogP contribution in [0.5, 0.6) is 0 Å². The maximum absolute atomic E-state index is 12.3. The Labute approximate surface area is 147 Å². The minimum Gasteiger partial charge on any atom is -0.343 e. The molecular formula is C16H31Cl2N3O. The highest BCUT2D eigenvalue weighted by Crippen LogP contribution is 2.21. The number of likely N-dealkylation sites (tertiary alicyclic amines) is 2. The third-order valence-electron chi connectivity index (χ3n) is 5.31. The number of hydrogen-bond acceptors (Lipinski definition) is 3. The molecule has 0 aromatic rings. The van der Waals surface area contributed by atoms with Gasteiger partial charge < -0.3 is 15.1 Å². The lowest BCUT2D eigenvalue weighted by molar-refractivity contribution is -0.133. The highest BCUT2D eigenvalue weighted by molar-refractivity contribution is 5.85. The summed E-state index contributed by atoms with van der Waals surface area (Å²) in [5, 5.41) is 3.43. The van der Waals surface area contributed by atoms with E-state index in [4.69, 9.17) is 0 Å². The van der Waals surface area contributed by atoms with Gasteiger partial charge in [0, 0.05) is 31.6 Å². The van der Waals surface area contributed by atoms with Crippen molar-refractivity contribution in [2.45, 2.75) is 63.5 Å². The van der Waals surface area contributed by atoms with Crippen molar-refractivity contribution in [2.75, 3.05) is 32.7 Å². The Morgan fingerprint density at radius 1 is 0.909 bits per heavy atom. The Kier molecular flexibility index (Phi) is 9.07. The summed E-state index contributed by atoms with van der Waals surface area (Å²) in [7, 11) is 0. The van der Waals surface area contributed by atoms with Crippen molar-refractivity contribution >= 4 is 30.7 Å². The van der Waals surface area contributed by atoms with Gasteiger partial charge in [0.2, 0.25) is 5.91 Å². The third kappa shape index (κ3) is 5.26. The fraction of sp³-hybridized carbons (Fsp3) is 0.938. The monoisotopic (exact) mass is 351 g/mol. The molecule has 0 aliphatic carbocycles. The number of carbonyl (C=O) groups excluding carboxylic acids is 1. The molecule has 0 aromatic heterocycles. The van der Waals surface area contributed by atoms with E-state index >= 15 is 0 Å². The summed E-state index contributed by atoms with van der Waals surface area (Å²) >= 11 is 0. The average Bonchev–Trinajstić information content (AvgIpc) is 3.01. The second-order valence-corrected chi connectivity index (χ2v) is 6.71. The molecule has 1 unspecified atom stereocenters. The van der Waals surface area contributed by atoms with Crippen LogP contribution in [0.4, 0.5) is 0 Å². The van der Waals surface area contributed by atoms with Crippen LogP contribution in [0.2, 0.25) is 0 Å². The zero-order valence-corrected chi connectivity index (χ0v) is 15.1. The van der Waals surface area contributed by atoms with Gasteiger partial charge in [0.05, 0.1) is 0 Å². The van der Waals surface area contributed by atoms with E-state index in [1.807, 2.05) is 0 Å². The Morgan fingerprint density at radius 3 is 2.18 bits per heavy atom. The van der Waals surface area contributed by atoms with E-state index in [9.17, 15) is 4.79 Å². The highest BCUT2D eigenvalue weighted by Gasteiger charge is 2.28. The molecular weight excluding hydrogens is 321 g/mol. The Bertz CT molecular complexity index is 323. The smallest absolute Gasteiger partial charge is 0.224 e. The molecule has 3 saturated heterocycles. The topological polar surface area (TPSA) is 35.6 Å². The van der Waals surface area contributed by atoms with Crippen molar-refractivity contribution < 1.29 is 4.79 Å². The summed E-state index contributed by atoms with van der Waals surface area (Å²) in [6, 6.07) is 1.19. The van der Waals surface area contributed by atoms with Gasteiger partial charge in [-0.3, -0.25) is 4.79 Å². The summed E-state index contributed by atoms with van der Waals surface area (Å²) in [6.45, 7) is 5.61. The third-order valence-corrected chi connectivity index (χ3v) is 5.31. The van der Waals surface area contributed by atoms with Gasteiger partial charge in [-0.2, -0.15) is 0 Å². The van der Waals surface area contributed by atoms with Crippen molar-refractivity contribution in [3.05, 3.63) is 0 Å². The number of hydrogen-bond donors (Lipinski definition) is 1. The van der Waals surface area contributed by atoms with E-state index < -0.39 is 0 Å². The van der Waals surface area contributed by atoms with Crippen LogP contribution in [-0.2, 0) is 4.79 Å². The first-order valence-corrected chi connectivity index (χ1v) is 8.58. The normalized spacial score (nSPS) is 27.1. The Balaban J connectivity index is 0.00000121. The minimum absolute atomic E-state index is 0. The zero-order chi connectivity index (χ0) is 13.8. The molecule has 3 fully saturated rings. The lowest BCUT2D eigenvalue weighted by atomic mass is 9.99.